The van der Waals surface area contributed by atoms with E-state index in [1.165, 1.54) is 6.08 Å². The summed E-state index contributed by atoms with van der Waals surface area (Å²) < 4.78 is 5.85. The standard InChI is InChI=1S/C24H20N2O4S/c1-15-7-9-17(10-8-15)21-12-11-18(30-21)14-19-22(27)26(24(31)25-19)20(23(28)29)13-16-5-3-2-4-6-16/h2-12,14,20H,13H2,1H3,(H,25,31)(H,28,29)/b19-14+. The van der Waals surface area contributed by atoms with Crippen molar-refractivity contribution >= 4 is 35.3 Å². The molecule has 2 N–H and O–H groups in total. The van der Waals surface area contributed by atoms with Gasteiger partial charge in [0.05, 0.1) is 0 Å². The second-order valence-electron chi connectivity index (χ2n) is 7.28. The fourth-order valence-electron chi connectivity index (χ4n) is 3.40. The van der Waals surface area contributed by atoms with Gasteiger partial charge in [0.25, 0.3) is 5.91 Å². The molecule has 156 valence electrons. The van der Waals surface area contributed by atoms with Gasteiger partial charge in [0.2, 0.25) is 0 Å². The number of carbonyl (C=O) groups excluding carboxylic acids is 1. The molecule has 2 heterocycles. The molecule has 31 heavy (non-hydrogen) atoms. The van der Waals surface area contributed by atoms with Gasteiger partial charge in [-0.3, -0.25) is 9.69 Å². The van der Waals surface area contributed by atoms with Crippen LogP contribution in [0.4, 0.5) is 0 Å². The molecule has 1 unspecified atom stereocenters. The van der Waals surface area contributed by atoms with Crippen molar-refractivity contribution in [2.45, 2.75) is 19.4 Å². The maximum Gasteiger partial charge on any atom is 0.327 e. The molecule has 6 nitrogen and oxygen atoms in total. The van der Waals surface area contributed by atoms with Crippen molar-refractivity contribution in [2.24, 2.45) is 0 Å². The molecule has 0 spiro atoms. The number of thiocarbonyl (C=S) groups is 1. The van der Waals surface area contributed by atoms with E-state index in [1.54, 1.807) is 6.07 Å². The zero-order valence-corrected chi connectivity index (χ0v) is 17.6. The van der Waals surface area contributed by atoms with Crippen LogP contribution in [0.15, 0.2) is 76.8 Å². The fourth-order valence-corrected chi connectivity index (χ4v) is 3.72. The molecular formula is C24H20N2O4S. The number of furan rings is 1. The molecule has 4 rings (SSSR count). The van der Waals surface area contributed by atoms with Crippen LogP contribution in [0, 0.1) is 6.92 Å². The molecule has 7 heteroatoms. The van der Waals surface area contributed by atoms with E-state index in [1.807, 2.05) is 67.6 Å². The highest BCUT2D eigenvalue weighted by atomic mass is 32.1. The van der Waals surface area contributed by atoms with Gasteiger partial charge >= 0.3 is 5.97 Å². The van der Waals surface area contributed by atoms with Crippen LogP contribution >= 0.6 is 12.2 Å². The van der Waals surface area contributed by atoms with E-state index in [9.17, 15) is 14.7 Å². The Kier molecular flexibility index (Phi) is 5.68. The lowest BCUT2D eigenvalue weighted by atomic mass is 10.0. The van der Waals surface area contributed by atoms with Gasteiger partial charge in [-0.2, -0.15) is 0 Å². The Morgan fingerprint density at radius 2 is 1.84 bits per heavy atom. The van der Waals surface area contributed by atoms with E-state index < -0.39 is 17.9 Å². The first kappa shape index (κ1) is 20.6. The zero-order chi connectivity index (χ0) is 22.0. The highest BCUT2D eigenvalue weighted by Gasteiger charge is 2.39. The van der Waals surface area contributed by atoms with Crippen LogP contribution in [0.25, 0.3) is 17.4 Å². The Bertz CT molecular complexity index is 1170. The lowest BCUT2D eigenvalue weighted by Gasteiger charge is -2.22. The molecule has 1 saturated heterocycles. The molecule has 1 aliphatic rings. The Morgan fingerprint density at radius 3 is 2.52 bits per heavy atom. The summed E-state index contributed by atoms with van der Waals surface area (Å²) in [6.07, 6.45) is 1.68. The Morgan fingerprint density at radius 1 is 1.13 bits per heavy atom. The first-order chi connectivity index (χ1) is 14.9. The highest BCUT2D eigenvalue weighted by molar-refractivity contribution is 7.80. The Hall–Kier alpha value is -3.71. The van der Waals surface area contributed by atoms with Crippen LogP contribution in [-0.2, 0) is 16.0 Å². The van der Waals surface area contributed by atoms with Crippen LogP contribution < -0.4 is 5.32 Å². The topological polar surface area (TPSA) is 82.8 Å². The number of nitrogens with zero attached hydrogens (tertiary/aromatic N) is 1. The SMILES string of the molecule is Cc1ccc(-c2ccc(/C=C3/NC(=S)N(C(Cc4ccccc4)C(=O)O)C3=O)o2)cc1. The van der Waals surface area contributed by atoms with Gasteiger partial charge in [0, 0.05) is 18.1 Å². The number of aliphatic carboxylic acids is 1. The van der Waals surface area contributed by atoms with Gasteiger partial charge in [-0.25, -0.2) is 4.79 Å². The number of hydrogen-bond donors (Lipinski definition) is 2. The highest BCUT2D eigenvalue weighted by Crippen LogP contribution is 2.25. The van der Waals surface area contributed by atoms with Crippen molar-refractivity contribution in [3.63, 3.8) is 0 Å². The number of rotatable bonds is 6. The molecule has 0 saturated carbocycles. The van der Waals surface area contributed by atoms with Crippen molar-refractivity contribution in [3.05, 3.63) is 89.3 Å². The second kappa shape index (κ2) is 8.57. The summed E-state index contributed by atoms with van der Waals surface area (Å²) in [6.45, 7) is 2.01. The van der Waals surface area contributed by atoms with Crippen molar-refractivity contribution in [1.82, 2.24) is 10.2 Å². The summed E-state index contributed by atoms with van der Waals surface area (Å²) in [7, 11) is 0. The van der Waals surface area contributed by atoms with Gasteiger partial charge < -0.3 is 14.8 Å². The summed E-state index contributed by atoms with van der Waals surface area (Å²) >= 11 is 5.28. The van der Waals surface area contributed by atoms with E-state index in [-0.39, 0.29) is 17.2 Å². The molecule has 0 radical (unpaired) electrons. The average Bonchev–Trinajstić information content (AvgIpc) is 3.32. The Labute approximate surface area is 184 Å². The average molecular weight is 433 g/mol. The van der Waals surface area contributed by atoms with Crippen molar-refractivity contribution in [3.8, 4) is 11.3 Å². The van der Waals surface area contributed by atoms with E-state index >= 15 is 0 Å². The normalized spacial score (nSPS) is 15.9. The number of aryl methyl sites for hydroxylation is 1. The first-order valence-electron chi connectivity index (χ1n) is 9.72. The third-order valence-electron chi connectivity index (χ3n) is 5.03. The number of carbonyl (C=O) groups is 2. The van der Waals surface area contributed by atoms with Gasteiger partial charge in [-0.05, 0) is 36.8 Å². The lowest BCUT2D eigenvalue weighted by molar-refractivity contribution is -0.145. The minimum atomic E-state index is -1.12. The largest absolute Gasteiger partial charge is 0.480 e. The van der Waals surface area contributed by atoms with Crippen LogP contribution in [0.2, 0.25) is 0 Å². The summed E-state index contributed by atoms with van der Waals surface area (Å²) in [4.78, 5) is 26.0. The molecule has 1 fully saturated rings. The maximum absolute atomic E-state index is 13.0. The Balaban J connectivity index is 1.56. The third kappa shape index (κ3) is 4.41. The molecular weight excluding hydrogens is 412 g/mol. The number of carboxylic acids is 1. The monoisotopic (exact) mass is 432 g/mol. The van der Waals surface area contributed by atoms with Crippen LogP contribution in [0.1, 0.15) is 16.9 Å². The summed E-state index contributed by atoms with van der Waals surface area (Å²) in [6, 6.07) is 19.5. The van der Waals surface area contributed by atoms with Gasteiger partial charge in [-0.15, -0.1) is 0 Å². The number of hydrogen-bond acceptors (Lipinski definition) is 4. The number of amides is 1. The molecule has 1 amide bonds. The van der Waals surface area contributed by atoms with Gasteiger partial charge in [0.15, 0.2) is 5.11 Å². The van der Waals surface area contributed by atoms with Gasteiger partial charge in [0.1, 0.15) is 23.3 Å². The molecule has 2 aromatic carbocycles. The number of benzene rings is 2. The maximum atomic E-state index is 13.0. The van der Waals surface area contributed by atoms with E-state index in [2.05, 4.69) is 5.32 Å². The minimum Gasteiger partial charge on any atom is -0.480 e. The van der Waals surface area contributed by atoms with Crippen molar-refractivity contribution < 1.29 is 19.1 Å². The summed E-state index contributed by atoms with van der Waals surface area (Å²) in [5, 5.41) is 12.6. The van der Waals surface area contributed by atoms with Crippen LogP contribution in [0.3, 0.4) is 0 Å². The molecule has 0 aliphatic carbocycles. The van der Waals surface area contributed by atoms with E-state index in [0.717, 1.165) is 21.6 Å². The molecule has 1 aliphatic heterocycles. The minimum absolute atomic E-state index is 0.0601. The van der Waals surface area contributed by atoms with E-state index in [0.29, 0.717) is 11.5 Å². The fraction of sp³-hybridized carbons (Fsp3) is 0.125. The molecule has 0 bridgehead atoms. The third-order valence-corrected chi connectivity index (χ3v) is 5.33. The van der Waals surface area contributed by atoms with Crippen molar-refractivity contribution in [1.29, 1.82) is 0 Å². The van der Waals surface area contributed by atoms with Crippen molar-refractivity contribution in [2.75, 3.05) is 0 Å². The predicted molar refractivity (Wildman–Crippen MR) is 121 cm³/mol. The summed E-state index contributed by atoms with van der Waals surface area (Å²) in [5.41, 5.74) is 3.05. The lowest BCUT2D eigenvalue weighted by Crippen LogP contribution is -2.46. The zero-order valence-electron chi connectivity index (χ0n) is 16.7. The number of nitrogens with one attached hydrogen (secondary N) is 1. The van der Waals surface area contributed by atoms with Gasteiger partial charge in [-0.1, -0.05) is 60.2 Å². The number of carboxylic acid groups (broad SMARTS) is 1. The van der Waals surface area contributed by atoms with Crippen LogP contribution in [0.5, 0.6) is 0 Å². The van der Waals surface area contributed by atoms with E-state index in [4.69, 9.17) is 16.6 Å². The predicted octanol–water partition coefficient (Wildman–Crippen LogP) is 4.01. The molecule has 3 aromatic rings. The molecule has 1 aromatic heterocycles. The smallest absolute Gasteiger partial charge is 0.327 e. The quantitative estimate of drug-likeness (QED) is 0.452. The summed E-state index contributed by atoms with van der Waals surface area (Å²) in [5.74, 6) is -0.487. The van der Waals surface area contributed by atoms with Crippen LogP contribution in [-0.4, -0.2) is 33.0 Å². The first-order valence-corrected chi connectivity index (χ1v) is 10.1. The molecule has 1 atom stereocenters. The second-order valence-corrected chi connectivity index (χ2v) is 7.66.